The smallest absolute Gasteiger partial charge is 0.301 e. The Kier molecular flexibility index (Phi) is 12.3. The molecule has 2 aromatic heterocycles. The van der Waals surface area contributed by atoms with Gasteiger partial charge in [-0.15, -0.1) is 0 Å². The van der Waals surface area contributed by atoms with E-state index in [-0.39, 0.29) is 49.1 Å². The maximum atomic E-state index is 15.7. The van der Waals surface area contributed by atoms with Gasteiger partial charge in [-0.1, -0.05) is 24.3 Å². The predicted molar refractivity (Wildman–Crippen MR) is 234 cm³/mol. The standard InChI is InChI=1S/C47H49F4N7O5S/c48-33-16-22-58(27-33)64(62,63)55-41-9-8-39(49)43(44(41)51)45(60)38-26-53-46-37(38)23-32(25-52-46)29-1-4-34(5-2-29)57-20-12-28(13-21-57)11-17-56-18-14-30(15-19-56)31-3-6-35(40(50)24-31)36-7-10-42(59)54-47(36)61/h1-6,8-9,23-26,28,30,33,36,55H,7,10-22,27H2,(H,52,53)(H,54,59,61). The molecule has 2 atom stereocenters. The Labute approximate surface area is 368 Å². The topological polar surface area (TPSA) is 148 Å². The monoisotopic (exact) mass is 899 g/mol. The van der Waals surface area contributed by atoms with Gasteiger partial charge in [0.15, 0.2) is 5.82 Å². The minimum Gasteiger partial charge on any atom is -0.372 e. The van der Waals surface area contributed by atoms with Gasteiger partial charge in [0.2, 0.25) is 17.6 Å². The lowest BCUT2D eigenvalue weighted by Gasteiger charge is -2.36. The maximum absolute atomic E-state index is 15.7. The van der Waals surface area contributed by atoms with Gasteiger partial charge in [0.1, 0.15) is 23.5 Å². The van der Waals surface area contributed by atoms with Gasteiger partial charge in [0.25, 0.3) is 0 Å². The second kappa shape index (κ2) is 18.1. The van der Waals surface area contributed by atoms with Crippen LogP contribution in [0.25, 0.3) is 22.2 Å². The van der Waals surface area contributed by atoms with Crippen molar-refractivity contribution in [1.82, 2.24) is 24.5 Å². The van der Waals surface area contributed by atoms with Crippen LogP contribution in [0.15, 0.2) is 73.1 Å². The number of anilines is 2. The van der Waals surface area contributed by atoms with E-state index in [9.17, 15) is 27.2 Å². The highest BCUT2D eigenvalue weighted by molar-refractivity contribution is 7.90. The van der Waals surface area contributed by atoms with Crippen molar-refractivity contribution in [2.24, 2.45) is 5.92 Å². The average molecular weight is 900 g/mol. The highest BCUT2D eigenvalue weighted by Gasteiger charge is 2.34. The molecule has 17 heteroatoms. The molecule has 0 bridgehead atoms. The van der Waals surface area contributed by atoms with E-state index in [4.69, 9.17) is 0 Å². The maximum Gasteiger partial charge on any atom is 0.301 e. The van der Waals surface area contributed by atoms with Crippen molar-refractivity contribution in [3.63, 3.8) is 0 Å². The third kappa shape index (κ3) is 9.02. The summed E-state index contributed by atoms with van der Waals surface area (Å²) in [5.41, 5.74) is 2.66. The van der Waals surface area contributed by atoms with Crippen molar-refractivity contribution in [2.45, 2.75) is 69.4 Å². The summed E-state index contributed by atoms with van der Waals surface area (Å²) in [5, 5.41) is 2.65. The van der Waals surface area contributed by atoms with Gasteiger partial charge >= 0.3 is 10.2 Å². The number of carbonyl (C=O) groups excluding carboxylic acids is 3. The highest BCUT2D eigenvalue weighted by atomic mass is 32.2. The quantitative estimate of drug-likeness (QED) is 0.0660. The zero-order chi connectivity index (χ0) is 44.7. The molecule has 2 unspecified atom stereocenters. The molecule has 0 saturated carbocycles. The number of benzene rings is 3. The zero-order valence-electron chi connectivity index (χ0n) is 35.1. The number of imide groups is 1. The summed E-state index contributed by atoms with van der Waals surface area (Å²) in [6.07, 6.45) is 7.35. The summed E-state index contributed by atoms with van der Waals surface area (Å²) >= 11 is 0. The van der Waals surface area contributed by atoms with Crippen LogP contribution in [0.2, 0.25) is 0 Å². The van der Waals surface area contributed by atoms with E-state index in [2.05, 4.69) is 37.2 Å². The molecule has 0 radical (unpaired) electrons. The van der Waals surface area contributed by atoms with Crippen molar-refractivity contribution in [1.29, 1.82) is 0 Å². The molecule has 6 heterocycles. The van der Waals surface area contributed by atoms with Crippen molar-refractivity contribution in [3.8, 4) is 11.1 Å². The van der Waals surface area contributed by atoms with Crippen LogP contribution >= 0.6 is 0 Å². The van der Waals surface area contributed by atoms with E-state index in [1.807, 2.05) is 22.9 Å². The van der Waals surface area contributed by atoms with E-state index >= 15 is 13.2 Å². The Morgan fingerprint density at radius 2 is 1.61 bits per heavy atom. The zero-order valence-corrected chi connectivity index (χ0v) is 35.9. The Hall–Kier alpha value is -5.65. The van der Waals surface area contributed by atoms with Crippen molar-refractivity contribution in [3.05, 3.63) is 113 Å². The number of aromatic amines is 1. The second-order valence-corrected chi connectivity index (χ2v) is 19.1. The molecule has 4 saturated heterocycles. The summed E-state index contributed by atoms with van der Waals surface area (Å²) in [6.45, 7) is 4.32. The molecule has 3 N–H and O–H groups in total. The van der Waals surface area contributed by atoms with E-state index in [0.717, 1.165) is 98.1 Å². The van der Waals surface area contributed by atoms with Crippen LogP contribution in [0.1, 0.15) is 90.3 Å². The number of halogens is 4. The van der Waals surface area contributed by atoms with E-state index in [0.29, 0.717) is 34.5 Å². The van der Waals surface area contributed by atoms with E-state index < -0.39 is 56.9 Å². The molecule has 9 rings (SSSR count). The number of likely N-dealkylation sites (tertiary alicyclic amines) is 1. The fourth-order valence-corrected chi connectivity index (χ4v) is 11.0. The molecule has 12 nitrogen and oxygen atoms in total. The fourth-order valence-electron chi connectivity index (χ4n) is 9.70. The minimum absolute atomic E-state index is 0.00420. The third-order valence-corrected chi connectivity index (χ3v) is 15.0. The number of fused-ring (bicyclic) bond motifs is 1. The van der Waals surface area contributed by atoms with Gasteiger partial charge in [0, 0.05) is 72.8 Å². The van der Waals surface area contributed by atoms with Crippen LogP contribution in [-0.4, -0.2) is 97.2 Å². The second-order valence-electron chi connectivity index (χ2n) is 17.5. The lowest BCUT2D eigenvalue weighted by Crippen LogP contribution is -2.39. The lowest BCUT2D eigenvalue weighted by atomic mass is 9.85. The molecule has 64 heavy (non-hydrogen) atoms. The third-order valence-electron chi connectivity index (χ3n) is 13.5. The first-order chi connectivity index (χ1) is 30.8. The number of piperidine rings is 3. The number of rotatable bonds is 12. The molecular weight excluding hydrogens is 851 g/mol. The summed E-state index contributed by atoms with van der Waals surface area (Å²) in [5.74, 6) is -4.41. The number of nitrogens with one attached hydrogen (secondary N) is 3. The fraction of sp³-hybridized carbons (Fsp3) is 0.404. The number of H-pyrrole nitrogens is 1. The van der Waals surface area contributed by atoms with Gasteiger partial charge in [-0.2, -0.15) is 12.7 Å². The van der Waals surface area contributed by atoms with Crippen LogP contribution in [0.5, 0.6) is 0 Å². The lowest BCUT2D eigenvalue weighted by molar-refractivity contribution is -0.134. The average Bonchev–Trinajstić information content (AvgIpc) is 3.94. The molecule has 4 fully saturated rings. The highest BCUT2D eigenvalue weighted by Crippen LogP contribution is 2.35. The number of pyridine rings is 1. The number of aromatic nitrogens is 2. The molecule has 4 aliphatic heterocycles. The number of amides is 2. The normalized spacial score (nSPS) is 20.8. The first-order valence-electron chi connectivity index (χ1n) is 21.9. The number of nitrogens with zero attached hydrogens (tertiary/aromatic N) is 4. The molecule has 4 aliphatic rings. The molecule has 5 aromatic rings. The van der Waals surface area contributed by atoms with Crippen LogP contribution < -0.4 is 14.9 Å². The number of hydrogen-bond acceptors (Lipinski definition) is 8. The first-order valence-corrected chi connectivity index (χ1v) is 23.4. The molecule has 0 spiro atoms. The number of hydrogen-bond donors (Lipinski definition) is 3. The Bertz CT molecular complexity index is 2700. The predicted octanol–water partition coefficient (Wildman–Crippen LogP) is 7.59. The first kappa shape index (κ1) is 43.6. The number of carbonyl (C=O) groups is 3. The summed E-state index contributed by atoms with van der Waals surface area (Å²) in [6, 6.07) is 16.7. The summed E-state index contributed by atoms with van der Waals surface area (Å²) in [4.78, 5) is 49.8. The summed E-state index contributed by atoms with van der Waals surface area (Å²) < 4.78 is 88.2. The van der Waals surface area contributed by atoms with Crippen LogP contribution in [0.4, 0.5) is 28.9 Å². The Morgan fingerprint density at radius 1 is 0.844 bits per heavy atom. The SMILES string of the molecule is O=C1CCC(c2ccc(C3CCN(CCC4CCN(c5ccc(-c6cnc7[nH]cc(C(=O)c8c(F)ccc(NS(=O)(=O)N9CCC(F)C9)c8F)c7c6)cc5)CC4)CC3)cc2F)C(=O)N1. The molecule has 336 valence electrons. The minimum atomic E-state index is -4.35. The van der Waals surface area contributed by atoms with Gasteiger partial charge in [-0.05, 0) is 124 Å². The van der Waals surface area contributed by atoms with E-state index in [1.165, 1.54) is 6.20 Å². The molecule has 2 amide bonds. The van der Waals surface area contributed by atoms with Gasteiger partial charge in [-0.25, -0.2) is 22.5 Å². The van der Waals surface area contributed by atoms with Gasteiger partial charge in [-0.3, -0.25) is 24.4 Å². The van der Waals surface area contributed by atoms with E-state index in [1.54, 1.807) is 24.4 Å². The van der Waals surface area contributed by atoms with Gasteiger partial charge in [0.05, 0.1) is 17.2 Å². The molecule has 0 aliphatic carbocycles. The van der Waals surface area contributed by atoms with Crippen LogP contribution in [0, 0.1) is 23.4 Å². The van der Waals surface area contributed by atoms with Crippen LogP contribution in [0.3, 0.4) is 0 Å². The Balaban J connectivity index is 0.773. The molecular formula is C47H49F4N7O5S. The van der Waals surface area contributed by atoms with Gasteiger partial charge < -0.3 is 14.8 Å². The van der Waals surface area contributed by atoms with Crippen LogP contribution in [-0.2, 0) is 19.8 Å². The number of ketones is 1. The van der Waals surface area contributed by atoms with Crippen molar-refractivity contribution >= 4 is 50.2 Å². The molecule has 3 aromatic carbocycles. The summed E-state index contributed by atoms with van der Waals surface area (Å²) in [7, 11) is -4.35. The Morgan fingerprint density at radius 3 is 2.31 bits per heavy atom. The van der Waals surface area contributed by atoms with Crippen molar-refractivity contribution < 1.29 is 40.4 Å². The largest absolute Gasteiger partial charge is 0.372 e. The number of alkyl halides is 1. The van der Waals surface area contributed by atoms with Crippen molar-refractivity contribution in [2.75, 3.05) is 55.4 Å².